The van der Waals surface area contributed by atoms with Crippen LogP contribution in [0.25, 0.3) is 0 Å². The highest BCUT2D eigenvalue weighted by molar-refractivity contribution is 5.41. The summed E-state index contributed by atoms with van der Waals surface area (Å²) in [5.74, 6) is 0.458. The second-order valence-electron chi connectivity index (χ2n) is 4.92. The molecule has 16 heavy (non-hydrogen) atoms. The summed E-state index contributed by atoms with van der Waals surface area (Å²) >= 11 is 0. The van der Waals surface area contributed by atoms with Crippen molar-refractivity contribution in [3.63, 3.8) is 0 Å². The van der Waals surface area contributed by atoms with Gasteiger partial charge in [0.25, 0.3) is 0 Å². The maximum atomic E-state index is 9.98. The normalized spacial score (nSPS) is 48.7. The van der Waals surface area contributed by atoms with Gasteiger partial charge < -0.3 is 9.84 Å². The van der Waals surface area contributed by atoms with Crippen molar-refractivity contribution >= 4 is 0 Å². The van der Waals surface area contributed by atoms with Crippen LogP contribution in [0.5, 0.6) is 0 Å². The summed E-state index contributed by atoms with van der Waals surface area (Å²) < 4.78 is 5.64. The molecule has 0 bridgehead atoms. The molecule has 1 saturated carbocycles. The van der Waals surface area contributed by atoms with E-state index in [1.165, 1.54) is 0 Å². The second kappa shape index (κ2) is 3.19. The molecule has 0 aliphatic heterocycles. The van der Waals surface area contributed by atoms with Crippen LogP contribution in [0.1, 0.15) is 12.8 Å². The van der Waals surface area contributed by atoms with Gasteiger partial charge in [-0.2, -0.15) is 5.26 Å². The minimum Gasteiger partial charge on any atom is -0.389 e. The highest BCUT2D eigenvalue weighted by Crippen LogP contribution is 2.54. The van der Waals surface area contributed by atoms with Crippen LogP contribution in [0.3, 0.4) is 0 Å². The summed E-state index contributed by atoms with van der Waals surface area (Å²) in [6.45, 7) is 0. The van der Waals surface area contributed by atoms with E-state index < -0.39 is 11.7 Å². The minimum absolute atomic E-state index is 0.148. The summed E-state index contributed by atoms with van der Waals surface area (Å²) in [6.07, 6.45) is 7.35. The van der Waals surface area contributed by atoms with Gasteiger partial charge in [-0.25, -0.2) is 0 Å². The number of hydrogen-bond acceptors (Lipinski definition) is 3. The van der Waals surface area contributed by atoms with Crippen molar-refractivity contribution in [2.24, 2.45) is 17.8 Å². The summed E-state index contributed by atoms with van der Waals surface area (Å²) in [5, 5.41) is 19.4. The largest absolute Gasteiger partial charge is 0.389 e. The molecule has 3 aliphatic rings. The lowest BCUT2D eigenvalue weighted by Crippen LogP contribution is -2.49. The highest BCUT2D eigenvalue weighted by Gasteiger charge is 2.56. The number of allylic oxidation sites excluding steroid dienone is 3. The number of aliphatic hydroxyl groups is 1. The molecule has 0 aromatic carbocycles. The van der Waals surface area contributed by atoms with Gasteiger partial charge >= 0.3 is 0 Å². The molecule has 0 aromatic heterocycles. The van der Waals surface area contributed by atoms with Gasteiger partial charge in [0.2, 0.25) is 0 Å². The first-order valence-electron chi connectivity index (χ1n) is 5.76. The lowest BCUT2D eigenvalue weighted by atomic mass is 9.61. The number of rotatable bonds is 1. The Labute approximate surface area is 95.0 Å². The van der Waals surface area contributed by atoms with E-state index in [1.54, 1.807) is 7.11 Å². The predicted molar refractivity (Wildman–Crippen MR) is 58.3 cm³/mol. The van der Waals surface area contributed by atoms with Gasteiger partial charge in [-0.3, -0.25) is 0 Å². The van der Waals surface area contributed by atoms with Crippen LogP contribution in [-0.4, -0.2) is 23.9 Å². The number of hydrogen-bond donors (Lipinski definition) is 1. The highest BCUT2D eigenvalue weighted by atomic mass is 16.5. The molecule has 5 atom stereocenters. The molecule has 0 heterocycles. The van der Waals surface area contributed by atoms with Crippen LogP contribution in [0.4, 0.5) is 0 Å². The van der Waals surface area contributed by atoms with Crippen LogP contribution in [-0.2, 0) is 4.74 Å². The van der Waals surface area contributed by atoms with Crippen molar-refractivity contribution in [3.8, 4) is 6.07 Å². The molecule has 1 fully saturated rings. The maximum absolute atomic E-state index is 9.98. The van der Waals surface area contributed by atoms with Gasteiger partial charge in [0.1, 0.15) is 5.60 Å². The molecule has 3 heteroatoms. The van der Waals surface area contributed by atoms with E-state index in [0.29, 0.717) is 12.3 Å². The average Bonchev–Trinajstić information content (AvgIpc) is 2.59. The van der Waals surface area contributed by atoms with Crippen molar-refractivity contribution < 1.29 is 9.84 Å². The Morgan fingerprint density at radius 3 is 2.94 bits per heavy atom. The predicted octanol–water partition coefficient (Wildman–Crippen LogP) is 1.41. The van der Waals surface area contributed by atoms with E-state index >= 15 is 0 Å². The van der Waals surface area contributed by atoms with Crippen LogP contribution < -0.4 is 0 Å². The molecule has 84 valence electrons. The first kappa shape index (κ1) is 10.1. The fourth-order valence-electron chi connectivity index (χ4n) is 3.44. The standard InChI is InChI=1S/C13H15NO2/c1-16-13-5-4-12(15)10(13)6-8-2-3-9(8)11(13)7-14/h2-3,6,8-9,11-12,15H,4-5H2,1H3/t8-,9?,11+,12+,13-/m1/s1. The Kier molecular flexibility index (Phi) is 2.01. The molecule has 0 aromatic rings. The Bertz CT molecular complexity index is 420. The van der Waals surface area contributed by atoms with Crippen molar-refractivity contribution in [2.45, 2.75) is 24.5 Å². The summed E-state index contributed by atoms with van der Waals surface area (Å²) in [4.78, 5) is 0. The van der Waals surface area contributed by atoms with Gasteiger partial charge in [0.05, 0.1) is 18.1 Å². The SMILES string of the molecule is CO[C@]12CC[C@H](O)C1=C[C@H]1C=CC1[C@@H]2C#N. The quantitative estimate of drug-likeness (QED) is 0.676. The molecule has 3 nitrogen and oxygen atoms in total. The van der Waals surface area contributed by atoms with E-state index in [4.69, 9.17) is 4.74 Å². The van der Waals surface area contributed by atoms with E-state index in [-0.39, 0.29) is 11.8 Å². The smallest absolute Gasteiger partial charge is 0.108 e. The third-order valence-corrected chi connectivity index (χ3v) is 4.40. The van der Waals surface area contributed by atoms with E-state index in [9.17, 15) is 10.4 Å². The number of methoxy groups -OCH3 is 1. The maximum Gasteiger partial charge on any atom is 0.108 e. The van der Waals surface area contributed by atoms with E-state index in [1.807, 2.05) is 0 Å². The summed E-state index contributed by atoms with van der Waals surface area (Å²) in [6, 6.07) is 2.39. The van der Waals surface area contributed by atoms with Gasteiger partial charge in [-0.1, -0.05) is 18.2 Å². The fourth-order valence-corrected chi connectivity index (χ4v) is 3.44. The molecule has 0 saturated heterocycles. The first-order valence-corrected chi connectivity index (χ1v) is 5.76. The zero-order chi connectivity index (χ0) is 11.3. The second-order valence-corrected chi connectivity index (χ2v) is 4.92. The zero-order valence-corrected chi connectivity index (χ0v) is 9.26. The lowest BCUT2D eigenvalue weighted by Gasteiger charge is -2.46. The molecule has 0 amide bonds. The molecular formula is C13H15NO2. The van der Waals surface area contributed by atoms with E-state index in [2.05, 4.69) is 24.3 Å². The summed E-state index contributed by atoms with van der Waals surface area (Å²) in [5.41, 5.74) is 0.409. The van der Waals surface area contributed by atoms with Gasteiger partial charge in [-0.05, 0) is 18.4 Å². The number of fused-ring (bicyclic) bond motifs is 2. The van der Waals surface area contributed by atoms with Crippen molar-refractivity contribution in [3.05, 3.63) is 23.8 Å². The molecule has 1 N–H and O–H groups in total. The van der Waals surface area contributed by atoms with Crippen LogP contribution in [0.2, 0.25) is 0 Å². The Morgan fingerprint density at radius 2 is 2.38 bits per heavy atom. The first-order chi connectivity index (χ1) is 7.73. The zero-order valence-electron chi connectivity index (χ0n) is 9.26. The number of nitriles is 1. The monoisotopic (exact) mass is 217 g/mol. The van der Waals surface area contributed by atoms with Crippen molar-refractivity contribution in [2.75, 3.05) is 7.11 Å². The molecule has 1 unspecified atom stereocenters. The molecule has 0 radical (unpaired) electrons. The summed E-state index contributed by atoms with van der Waals surface area (Å²) in [7, 11) is 1.65. The van der Waals surface area contributed by atoms with Crippen LogP contribution in [0.15, 0.2) is 23.8 Å². The molecular weight excluding hydrogens is 202 g/mol. The van der Waals surface area contributed by atoms with Crippen molar-refractivity contribution in [1.29, 1.82) is 5.26 Å². The Hall–Kier alpha value is -1.11. The third kappa shape index (κ3) is 0.991. The van der Waals surface area contributed by atoms with Crippen LogP contribution >= 0.6 is 0 Å². The van der Waals surface area contributed by atoms with Gasteiger partial charge in [0, 0.05) is 18.9 Å². The van der Waals surface area contributed by atoms with E-state index in [0.717, 1.165) is 12.0 Å². The fraction of sp³-hybridized carbons (Fsp3) is 0.615. The molecule has 3 aliphatic carbocycles. The van der Waals surface area contributed by atoms with Gasteiger partial charge in [0.15, 0.2) is 0 Å². The lowest BCUT2D eigenvalue weighted by molar-refractivity contribution is -0.0323. The third-order valence-electron chi connectivity index (χ3n) is 4.40. The van der Waals surface area contributed by atoms with Gasteiger partial charge in [-0.15, -0.1) is 0 Å². The Morgan fingerprint density at radius 1 is 1.56 bits per heavy atom. The average molecular weight is 217 g/mol. The van der Waals surface area contributed by atoms with Crippen LogP contribution in [0, 0.1) is 29.1 Å². The number of aliphatic hydroxyl groups excluding tert-OH is 1. The molecule has 0 spiro atoms. The topological polar surface area (TPSA) is 53.2 Å². The number of ether oxygens (including phenoxy) is 1. The Balaban J connectivity index is 2.11. The number of nitrogens with zero attached hydrogens (tertiary/aromatic N) is 1. The van der Waals surface area contributed by atoms with Crippen molar-refractivity contribution in [1.82, 2.24) is 0 Å². The minimum atomic E-state index is -0.528. The molecule has 3 rings (SSSR count).